The van der Waals surface area contributed by atoms with Crippen molar-refractivity contribution in [3.05, 3.63) is 60.2 Å². The van der Waals surface area contributed by atoms with Gasteiger partial charge in [-0.25, -0.2) is 0 Å². The van der Waals surface area contributed by atoms with Gasteiger partial charge >= 0.3 is 0 Å². The molecule has 2 aliphatic heterocycles. The van der Waals surface area contributed by atoms with E-state index in [0.717, 1.165) is 32.6 Å². The van der Waals surface area contributed by atoms with E-state index >= 15 is 0 Å². The highest BCUT2D eigenvalue weighted by Crippen LogP contribution is 2.36. The first kappa shape index (κ1) is 17.9. The Morgan fingerprint density at radius 3 is 2.59 bits per heavy atom. The molecule has 4 nitrogen and oxygen atoms in total. The van der Waals surface area contributed by atoms with Gasteiger partial charge in [-0.2, -0.15) is 0 Å². The van der Waals surface area contributed by atoms with Crippen molar-refractivity contribution in [3.63, 3.8) is 0 Å². The van der Waals surface area contributed by atoms with Crippen LogP contribution in [0.3, 0.4) is 0 Å². The molecule has 1 N–H and O–H groups in total. The molecule has 2 heterocycles. The third kappa shape index (κ3) is 3.66. The summed E-state index contributed by atoms with van der Waals surface area (Å²) in [6, 6.07) is 19.4. The first-order valence-electron chi connectivity index (χ1n) is 10.1. The summed E-state index contributed by atoms with van der Waals surface area (Å²) in [7, 11) is 0. The van der Waals surface area contributed by atoms with Gasteiger partial charge in [-0.1, -0.05) is 50.2 Å². The van der Waals surface area contributed by atoms with Crippen molar-refractivity contribution in [2.45, 2.75) is 26.3 Å². The molecule has 2 aliphatic rings. The lowest BCUT2D eigenvalue weighted by Gasteiger charge is -2.49. The second-order valence-corrected chi connectivity index (χ2v) is 8.12. The van der Waals surface area contributed by atoms with Crippen LogP contribution in [-0.2, 0) is 11.2 Å². The van der Waals surface area contributed by atoms with E-state index in [0.29, 0.717) is 5.92 Å². The zero-order valence-electron chi connectivity index (χ0n) is 16.3. The summed E-state index contributed by atoms with van der Waals surface area (Å²) in [5, 5.41) is 3.19. The van der Waals surface area contributed by atoms with Crippen LogP contribution in [0.15, 0.2) is 54.6 Å². The number of amides is 1. The van der Waals surface area contributed by atoms with Crippen molar-refractivity contribution >= 4 is 17.3 Å². The molecule has 27 heavy (non-hydrogen) atoms. The van der Waals surface area contributed by atoms with Crippen molar-refractivity contribution in [3.8, 4) is 0 Å². The lowest BCUT2D eigenvalue weighted by Crippen LogP contribution is -2.61. The summed E-state index contributed by atoms with van der Waals surface area (Å²) in [6.45, 7) is 7.84. The SMILES string of the molecule is CC(C)CNC(=O)[C@H]1Cc2ccccc2N2CCN(c3ccccc3)C[C@@H]12. The molecule has 0 radical (unpaired) electrons. The average Bonchev–Trinajstić information content (AvgIpc) is 2.71. The summed E-state index contributed by atoms with van der Waals surface area (Å²) < 4.78 is 0. The number of para-hydroxylation sites is 2. The normalized spacial score (nSPS) is 21.6. The number of benzene rings is 2. The van der Waals surface area contributed by atoms with Gasteiger partial charge in [0.2, 0.25) is 5.91 Å². The van der Waals surface area contributed by atoms with Gasteiger partial charge in [-0.15, -0.1) is 0 Å². The molecule has 4 heteroatoms. The largest absolute Gasteiger partial charge is 0.368 e. The second kappa shape index (κ2) is 7.63. The fourth-order valence-corrected chi connectivity index (χ4v) is 4.37. The van der Waals surface area contributed by atoms with Gasteiger partial charge < -0.3 is 15.1 Å². The number of hydrogen-bond donors (Lipinski definition) is 1. The smallest absolute Gasteiger partial charge is 0.225 e. The van der Waals surface area contributed by atoms with Crippen molar-refractivity contribution < 1.29 is 4.79 Å². The summed E-state index contributed by atoms with van der Waals surface area (Å²) in [6.07, 6.45) is 0.823. The number of carbonyl (C=O) groups excluding carboxylic acids is 1. The molecule has 0 saturated carbocycles. The maximum absolute atomic E-state index is 13.1. The maximum atomic E-state index is 13.1. The fraction of sp³-hybridized carbons (Fsp3) is 0.435. The summed E-state index contributed by atoms with van der Waals surface area (Å²) in [4.78, 5) is 18.0. The topological polar surface area (TPSA) is 35.6 Å². The molecule has 2 aromatic carbocycles. The number of nitrogens with zero attached hydrogens (tertiary/aromatic N) is 2. The molecule has 2 atom stereocenters. The Kier molecular flexibility index (Phi) is 5.06. The molecule has 2 aromatic rings. The van der Waals surface area contributed by atoms with Crippen LogP contribution in [0.5, 0.6) is 0 Å². The Bertz CT molecular complexity index is 789. The van der Waals surface area contributed by atoms with E-state index in [4.69, 9.17) is 0 Å². The third-order valence-corrected chi connectivity index (χ3v) is 5.77. The van der Waals surface area contributed by atoms with Gasteiger partial charge in [0.05, 0.1) is 12.0 Å². The standard InChI is InChI=1S/C23H29N3O/c1-17(2)15-24-23(27)20-14-18-8-6-7-11-21(18)26-13-12-25(16-22(20)26)19-9-4-3-5-10-19/h3-11,17,20,22H,12-16H2,1-2H3,(H,24,27)/t20-,22-/m0/s1. The number of piperazine rings is 1. The number of anilines is 2. The minimum Gasteiger partial charge on any atom is -0.368 e. The lowest BCUT2D eigenvalue weighted by atomic mass is 9.83. The molecule has 1 saturated heterocycles. The quantitative estimate of drug-likeness (QED) is 0.905. The molecular formula is C23H29N3O. The first-order chi connectivity index (χ1) is 13.1. The van der Waals surface area contributed by atoms with Crippen LogP contribution in [0.1, 0.15) is 19.4 Å². The molecule has 0 aromatic heterocycles. The van der Waals surface area contributed by atoms with Crippen LogP contribution in [0.4, 0.5) is 11.4 Å². The van der Waals surface area contributed by atoms with E-state index in [-0.39, 0.29) is 17.9 Å². The Morgan fingerprint density at radius 2 is 1.81 bits per heavy atom. The lowest BCUT2D eigenvalue weighted by molar-refractivity contribution is -0.126. The Morgan fingerprint density at radius 1 is 1.07 bits per heavy atom. The van der Waals surface area contributed by atoms with Crippen LogP contribution in [-0.4, -0.2) is 38.1 Å². The highest BCUT2D eigenvalue weighted by atomic mass is 16.1. The summed E-state index contributed by atoms with van der Waals surface area (Å²) >= 11 is 0. The zero-order chi connectivity index (χ0) is 18.8. The molecule has 0 spiro atoms. The van der Waals surface area contributed by atoms with Crippen molar-refractivity contribution in [1.29, 1.82) is 0 Å². The molecule has 4 rings (SSSR count). The van der Waals surface area contributed by atoms with E-state index in [2.05, 4.69) is 83.6 Å². The van der Waals surface area contributed by atoms with Gasteiger partial charge in [-0.3, -0.25) is 4.79 Å². The molecule has 1 fully saturated rings. The second-order valence-electron chi connectivity index (χ2n) is 8.12. The number of nitrogens with one attached hydrogen (secondary N) is 1. The highest BCUT2D eigenvalue weighted by molar-refractivity contribution is 5.82. The van der Waals surface area contributed by atoms with Gasteiger partial charge in [-0.05, 0) is 36.1 Å². The highest BCUT2D eigenvalue weighted by Gasteiger charge is 2.41. The molecule has 0 unspecified atom stereocenters. The molecular weight excluding hydrogens is 334 g/mol. The van der Waals surface area contributed by atoms with Crippen molar-refractivity contribution in [2.24, 2.45) is 11.8 Å². The van der Waals surface area contributed by atoms with Crippen molar-refractivity contribution in [1.82, 2.24) is 5.32 Å². The van der Waals surface area contributed by atoms with Crippen molar-refractivity contribution in [2.75, 3.05) is 36.0 Å². The van der Waals surface area contributed by atoms with E-state index in [9.17, 15) is 4.79 Å². The fourth-order valence-electron chi connectivity index (χ4n) is 4.37. The molecule has 1 amide bonds. The predicted molar refractivity (Wildman–Crippen MR) is 111 cm³/mol. The first-order valence-corrected chi connectivity index (χ1v) is 10.1. The third-order valence-electron chi connectivity index (χ3n) is 5.77. The number of carbonyl (C=O) groups is 1. The van der Waals surface area contributed by atoms with Crippen LogP contribution in [0.2, 0.25) is 0 Å². The number of rotatable bonds is 4. The predicted octanol–water partition coefficient (Wildman–Crippen LogP) is 3.33. The molecule has 0 bridgehead atoms. The summed E-state index contributed by atoms with van der Waals surface area (Å²) in [5.74, 6) is 0.654. The Balaban J connectivity index is 1.61. The molecule has 0 aliphatic carbocycles. The van der Waals surface area contributed by atoms with Crippen LogP contribution in [0.25, 0.3) is 0 Å². The maximum Gasteiger partial charge on any atom is 0.225 e. The zero-order valence-corrected chi connectivity index (χ0v) is 16.3. The van der Waals surface area contributed by atoms with Gasteiger partial charge in [0.1, 0.15) is 0 Å². The van der Waals surface area contributed by atoms with E-state index in [1.54, 1.807) is 0 Å². The van der Waals surface area contributed by atoms with E-state index < -0.39 is 0 Å². The Hall–Kier alpha value is -2.49. The average molecular weight is 364 g/mol. The number of fused-ring (bicyclic) bond motifs is 3. The Labute approximate surface area is 162 Å². The minimum absolute atomic E-state index is 0.00911. The van der Waals surface area contributed by atoms with Crippen LogP contribution in [0, 0.1) is 11.8 Å². The minimum atomic E-state index is -0.00911. The van der Waals surface area contributed by atoms with Gasteiger partial charge in [0.25, 0.3) is 0 Å². The van der Waals surface area contributed by atoms with E-state index in [1.165, 1.54) is 16.9 Å². The summed E-state index contributed by atoms with van der Waals surface area (Å²) in [5.41, 5.74) is 3.85. The monoisotopic (exact) mass is 363 g/mol. The van der Waals surface area contributed by atoms with Crippen LogP contribution >= 0.6 is 0 Å². The van der Waals surface area contributed by atoms with Crippen LogP contribution < -0.4 is 15.1 Å². The molecule has 142 valence electrons. The van der Waals surface area contributed by atoms with E-state index in [1.807, 2.05) is 0 Å². The van der Waals surface area contributed by atoms with Gasteiger partial charge in [0.15, 0.2) is 0 Å². The number of hydrogen-bond acceptors (Lipinski definition) is 3. The van der Waals surface area contributed by atoms with Gasteiger partial charge in [0, 0.05) is 37.6 Å².